The van der Waals surface area contributed by atoms with Crippen LogP contribution in [0.1, 0.15) is 0 Å². The van der Waals surface area contributed by atoms with Gasteiger partial charge in [-0.05, 0) is 29.6 Å². The Morgan fingerprint density at radius 1 is 0.800 bits per heavy atom. The van der Waals surface area contributed by atoms with Crippen molar-refractivity contribution >= 4 is 31.9 Å². The molecule has 0 radical (unpaired) electrons. The summed E-state index contributed by atoms with van der Waals surface area (Å²) < 4.78 is 12.9. The topological polar surface area (TPSA) is 18.5 Å². The average Bonchev–Trinajstić information content (AvgIpc) is 2.78. The summed E-state index contributed by atoms with van der Waals surface area (Å²) in [5, 5.41) is 0. The highest BCUT2D eigenvalue weighted by Gasteiger charge is 3.08. The zero-order chi connectivity index (χ0) is 9.79. The van der Waals surface area contributed by atoms with Gasteiger partial charge in [0.25, 0.3) is 0 Å². The maximum Gasteiger partial charge on any atom is 0.187 e. The molecule has 6 aliphatic carbocycles. The molecule has 0 amide bonds. The normalized spacial score (nSPS) is 82.0. The molecule has 0 aromatic carbocycles. The van der Waals surface area contributed by atoms with E-state index in [1.165, 1.54) is 0 Å². The summed E-state index contributed by atoms with van der Waals surface area (Å²) in [4.78, 5) is 0. The van der Waals surface area contributed by atoms with E-state index in [-0.39, 0.29) is 10.1 Å². The number of rotatable bonds is 0. The minimum Gasteiger partial charge on any atom is -0.346 e. The van der Waals surface area contributed by atoms with Crippen molar-refractivity contribution in [3.8, 4) is 0 Å². The summed E-state index contributed by atoms with van der Waals surface area (Å²) in [6.07, 6.45) is 0. The molecule has 7 aliphatic rings. The first-order valence-corrected chi connectivity index (χ1v) is 7.43. The van der Waals surface area contributed by atoms with Crippen molar-refractivity contribution < 1.29 is 9.47 Å². The van der Waals surface area contributed by atoms with Gasteiger partial charge in [-0.25, -0.2) is 0 Å². The van der Waals surface area contributed by atoms with E-state index in [0.29, 0.717) is 10.2 Å². The summed E-state index contributed by atoms with van der Waals surface area (Å²) in [6.45, 7) is 1.59. The summed E-state index contributed by atoms with van der Waals surface area (Å²) in [6, 6.07) is 0. The number of halogens is 2. The SMILES string of the molecule is BrC12C3C4C1C1C2C3C1(Br)C41OCCO1. The molecule has 1 aliphatic heterocycles. The molecule has 4 unspecified atom stereocenters. The number of alkyl halides is 2. The lowest BCUT2D eigenvalue weighted by Gasteiger charge is -2.89. The minimum absolute atomic E-state index is 0.205. The van der Waals surface area contributed by atoms with Gasteiger partial charge < -0.3 is 9.47 Å². The Labute approximate surface area is 104 Å². The predicted molar refractivity (Wildman–Crippen MR) is 58.9 cm³/mol. The molecular formula is C11H10Br2O2. The zero-order valence-corrected chi connectivity index (χ0v) is 11.1. The van der Waals surface area contributed by atoms with Crippen LogP contribution in [0.4, 0.5) is 0 Å². The van der Waals surface area contributed by atoms with Crippen molar-refractivity contribution in [3.05, 3.63) is 0 Å². The van der Waals surface area contributed by atoms with E-state index < -0.39 is 0 Å². The summed E-state index contributed by atoms with van der Waals surface area (Å²) in [7, 11) is 0. The van der Waals surface area contributed by atoms with Crippen molar-refractivity contribution in [2.75, 3.05) is 13.2 Å². The fourth-order valence-corrected chi connectivity index (χ4v) is 9.83. The van der Waals surface area contributed by atoms with Crippen LogP contribution < -0.4 is 0 Å². The van der Waals surface area contributed by atoms with Gasteiger partial charge in [-0.15, -0.1) is 0 Å². The smallest absolute Gasteiger partial charge is 0.187 e. The maximum absolute atomic E-state index is 6.06. The van der Waals surface area contributed by atoms with Gasteiger partial charge >= 0.3 is 0 Å². The summed E-state index contributed by atoms with van der Waals surface area (Å²) >= 11 is 8.02. The molecular weight excluding hydrogens is 324 g/mol. The molecule has 2 bridgehead atoms. The standard InChI is InChI=1S/C11H10Br2O2/c12-9-3-6-4(9)8-5(9)7(3)10(6,13)11(8)14-1-2-15-11/h3-8H,1-2H2. The molecule has 0 aromatic heterocycles. The van der Waals surface area contributed by atoms with Crippen LogP contribution in [-0.2, 0) is 9.47 Å². The average molecular weight is 334 g/mol. The molecule has 0 aromatic rings. The quantitative estimate of drug-likeness (QED) is 0.629. The largest absolute Gasteiger partial charge is 0.346 e. The molecule has 7 fully saturated rings. The van der Waals surface area contributed by atoms with Gasteiger partial charge in [0.1, 0.15) is 0 Å². The Hall–Kier alpha value is 0.880. The third-order valence-corrected chi connectivity index (χ3v) is 9.71. The van der Waals surface area contributed by atoms with E-state index in [9.17, 15) is 0 Å². The fraction of sp³-hybridized carbons (Fsp3) is 1.00. The lowest BCUT2D eigenvalue weighted by atomic mass is 9.20. The van der Waals surface area contributed by atoms with Crippen LogP contribution >= 0.6 is 31.9 Å². The van der Waals surface area contributed by atoms with Gasteiger partial charge in [-0.3, -0.25) is 0 Å². The van der Waals surface area contributed by atoms with Gasteiger partial charge in [0.15, 0.2) is 5.79 Å². The second kappa shape index (κ2) is 1.72. The maximum atomic E-state index is 6.06. The van der Waals surface area contributed by atoms with Gasteiger partial charge in [-0.2, -0.15) is 0 Å². The van der Waals surface area contributed by atoms with Gasteiger partial charge in [0, 0.05) is 10.2 Å². The monoisotopic (exact) mass is 332 g/mol. The number of hydrogen-bond donors (Lipinski definition) is 0. The molecule has 80 valence electrons. The van der Waals surface area contributed by atoms with Crippen molar-refractivity contribution in [1.82, 2.24) is 0 Å². The molecule has 4 atom stereocenters. The minimum atomic E-state index is -0.220. The van der Waals surface area contributed by atoms with Gasteiger partial charge in [0.05, 0.1) is 17.5 Å². The predicted octanol–water partition coefficient (Wildman–Crippen LogP) is 1.76. The third kappa shape index (κ3) is 0.397. The lowest BCUT2D eigenvalue weighted by Crippen LogP contribution is -2.93. The molecule has 2 nitrogen and oxygen atoms in total. The fourth-order valence-electron chi connectivity index (χ4n) is 6.49. The number of ether oxygens (including phenoxy) is 2. The van der Waals surface area contributed by atoms with E-state index in [1.54, 1.807) is 0 Å². The van der Waals surface area contributed by atoms with Gasteiger partial charge in [0.2, 0.25) is 0 Å². The van der Waals surface area contributed by atoms with Crippen LogP contribution in [-0.4, -0.2) is 27.6 Å². The molecule has 1 spiro atoms. The van der Waals surface area contributed by atoms with Crippen LogP contribution in [0.3, 0.4) is 0 Å². The highest BCUT2D eigenvalue weighted by atomic mass is 79.9. The van der Waals surface area contributed by atoms with E-state index >= 15 is 0 Å². The van der Waals surface area contributed by atoms with Gasteiger partial charge in [-0.1, -0.05) is 31.9 Å². The Morgan fingerprint density at radius 3 is 1.87 bits per heavy atom. The Kier molecular flexibility index (Phi) is 0.922. The molecule has 1 heterocycles. The van der Waals surface area contributed by atoms with E-state index in [0.717, 1.165) is 42.8 Å². The summed E-state index contributed by atoms with van der Waals surface area (Å²) in [5.41, 5.74) is 0. The Bertz CT molecular complexity index is 410. The second-order valence-electron chi connectivity index (χ2n) is 6.11. The van der Waals surface area contributed by atoms with Crippen molar-refractivity contribution in [1.29, 1.82) is 0 Å². The van der Waals surface area contributed by atoms with Crippen LogP contribution in [0.5, 0.6) is 0 Å². The first-order valence-electron chi connectivity index (χ1n) is 5.85. The highest BCUT2D eigenvalue weighted by Crippen LogP contribution is 3.03. The van der Waals surface area contributed by atoms with Crippen molar-refractivity contribution in [2.45, 2.75) is 14.4 Å². The molecule has 7 rings (SSSR count). The first-order chi connectivity index (χ1) is 7.19. The number of hydrogen-bond acceptors (Lipinski definition) is 2. The van der Waals surface area contributed by atoms with Crippen LogP contribution in [0, 0.1) is 35.5 Å². The summed E-state index contributed by atoms with van der Waals surface area (Å²) in [5.74, 6) is 4.78. The van der Waals surface area contributed by atoms with E-state index in [1.807, 2.05) is 0 Å². The first kappa shape index (κ1) is 8.06. The lowest BCUT2D eigenvalue weighted by molar-refractivity contribution is -0.337. The molecule has 15 heavy (non-hydrogen) atoms. The highest BCUT2D eigenvalue weighted by molar-refractivity contribution is 9.10. The molecule has 0 N–H and O–H groups in total. The Balaban J connectivity index is 1.65. The molecule has 1 saturated heterocycles. The third-order valence-electron chi connectivity index (χ3n) is 6.51. The van der Waals surface area contributed by atoms with E-state index in [2.05, 4.69) is 31.9 Å². The van der Waals surface area contributed by atoms with Crippen molar-refractivity contribution in [3.63, 3.8) is 0 Å². The van der Waals surface area contributed by atoms with Crippen LogP contribution in [0.15, 0.2) is 0 Å². The van der Waals surface area contributed by atoms with Crippen molar-refractivity contribution in [2.24, 2.45) is 35.5 Å². The molecule has 6 saturated carbocycles. The second-order valence-corrected chi connectivity index (χ2v) is 8.80. The molecule has 4 heteroatoms. The van der Waals surface area contributed by atoms with Crippen LogP contribution in [0.2, 0.25) is 0 Å². The Morgan fingerprint density at radius 2 is 1.33 bits per heavy atom. The zero-order valence-electron chi connectivity index (χ0n) is 7.95. The van der Waals surface area contributed by atoms with Crippen LogP contribution in [0.25, 0.3) is 0 Å². The van der Waals surface area contributed by atoms with E-state index in [4.69, 9.17) is 9.47 Å².